The molecule has 0 aromatic carbocycles. The average Bonchev–Trinajstić information content (AvgIpc) is 3.29. The van der Waals surface area contributed by atoms with Crippen LogP contribution in [0.2, 0.25) is 0 Å². The number of aryl methyl sites for hydroxylation is 3. The van der Waals surface area contributed by atoms with Crippen molar-refractivity contribution >= 4 is 17.7 Å². The summed E-state index contributed by atoms with van der Waals surface area (Å²) in [6.45, 7) is 1.99. The van der Waals surface area contributed by atoms with Crippen LogP contribution in [0.3, 0.4) is 0 Å². The lowest BCUT2D eigenvalue weighted by Crippen LogP contribution is -2.44. The number of carbonyl (C=O) groups excluding carboxylic acids is 1. The van der Waals surface area contributed by atoms with Crippen LogP contribution in [0.25, 0.3) is 0 Å². The van der Waals surface area contributed by atoms with E-state index in [0.29, 0.717) is 13.1 Å². The minimum absolute atomic E-state index is 0.0257. The lowest BCUT2D eigenvalue weighted by atomic mass is 10.1. The van der Waals surface area contributed by atoms with E-state index < -0.39 is 24.1 Å². The number of amides is 1. The van der Waals surface area contributed by atoms with Crippen molar-refractivity contribution < 1.29 is 23.8 Å². The van der Waals surface area contributed by atoms with E-state index in [1.165, 1.54) is 29.6 Å². The van der Waals surface area contributed by atoms with Gasteiger partial charge in [-0.05, 0) is 62.8 Å². The highest BCUT2D eigenvalue weighted by molar-refractivity contribution is 5.95. The molecule has 3 heterocycles. The van der Waals surface area contributed by atoms with Gasteiger partial charge in [0.25, 0.3) is 5.91 Å². The van der Waals surface area contributed by atoms with Gasteiger partial charge in [0.1, 0.15) is 23.7 Å². The van der Waals surface area contributed by atoms with Crippen molar-refractivity contribution in [1.29, 1.82) is 0 Å². The van der Waals surface area contributed by atoms with Crippen LogP contribution < -0.4 is 10.6 Å². The summed E-state index contributed by atoms with van der Waals surface area (Å²) in [6, 6.07) is 4.64. The Morgan fingerprint density at radius 1 is 1.31 bits per heavy atom. The number of alkyl halides is 1. The van der Waals surface area contributed by atoms with E-state index in [-0.39, 0.29) is 25.3 Å². The van der Waals surface area contributed by atoms with Crippen LogP contribution in [-0.4, -0.2) is 88.8 Å². The summed E-state index contributed by atoms with van der Waals surface area (Å²) >= 11 is 0. The number of unbranched alkanes of at least 4 members (excludes halogenated alkanes) is 1. The molecule has 1 aliphatic rings. The fraction of sp³-hybridized carbons (Fsp3) is 0.600. The Balaban J connectivity index is 1.51. The minimum Gasteiger partial charge on any atom is -0.480 e. The number of ether oxygens (including phenoxy) is 1. The highest BCUT2D eigenvalue weighted by Crippen LogP contribution is 2.20. The third kappa shape index (κ3) is 8.27. The molecular weight excluding hydrogens is 467 g/mol. The van der Waals surface area contributed by atoms with Gasteiger partial charge in [-0.3, -0.25) is 9.48 Å². The van der Waals surface area contributed by atoms with E-state index in [4.69, 9.17) is 9.72 Å². The third-order valence-electron chi connectivity index (χ3n) is 6.30. The number of fused-ring (bicyclic) bond motifs is 1. The molecule has 1 amide bonds. The summed E-state index contributed by atoms with van der Waals surface area (Å²) in [7, 11) is 3.06. The third-order valence-corrected chi connectivity index (χ3v) is 6.30. The van der Waals surface area contributed by atoms with Crippen LogP contribution in [0.5, 0.6) is 0 Å². The number of methoxy groups -OCH3 is 1. The molecule has 2 aromatic rings. The van der Waals surface area contributed by atoms with Crippen molar-refractivity contribution in [2.75, 3.05) is 45.2 Å². The van der Waals surface area contributed by atoms with E-state index in [1.807, 2.05) is 4.90 Å². The Kier molecular flexibility index (Phi) is 10.6. The molecule has 36 heavy (non-hydrogen) atoms. The zero-order valence-corrected chi connectivity index (χ0v) is 21.1. The first-order chi connectivity index (χ1) is 17.4. The van der Waals surface area contributed by atoms with E-state index >= 15 is 0 Å². The SMILES string of the molecule is COCC(F)CN(CCCCc1ccc2c(n1)NCCC2)CCC(NC(=O)c1ccnn1C)C(=O)O. The Morgan fingerprint density at radius 3 is 2.86 bits per heavy atom. The number of pyridine rings is 1. The van der Waals surface area contributed by atoms with Gasteiger partial charge in [-0.2, -0.15) is 5.10 Å². The number of carbonyl (C=O) groups is 2. The topological polar surface area (TPSA) is 122 Å². The van der Waals surface area contributed by atoms with Crippen molar-refractivity contribution in [3.63, 3.8) is 0 Å². The van der Waals surface area contributed by atoms with Crippen LogP contribution >= 0.6 is 0 Å². The number of anilines is 1. The molecule has 11 heteroatoms. The lowest BCUT2D eigenvalue weighted by Gasteiger charge is -2.25. The molecule has 0 spiro atoms. The highest BCUT2D eigenvalue weighted by atomic mass is 19.1. The predicted molar refractivity (Wildman–Crippen MR) is 134 cm³/mol. The monoisotopic (exact) mass is 504 g/mol. The smallest absolute Gasteiger partial charge is 0.326 e. The largest absolute Gasteiger partial charge is 0.480 e. The van der Waals surface area contributed by atoms with E-state index in [1.54, 1.807) is 7.05 Å². The molecule has 0 saturated carbocycles. The first-order valence-corrected chi connectivity index (χ1v) is 12.5. The molecular formula is C25H37FN6O4. The van der Waals surface area contributed by atoms with Gasteiger partial charge in [0, 0.05) is 45.7 Å². The van der Waals surface area contributed by atoms with Crippen molar-refractivity contribution in [3.8, 4) is 0 Å². The van der Waals surface area contributed by atoms with Crippen molar-refractivity contribution in [2.45, 2.75) is 50.7 Å². The number of rotatable bonds is 15. The van der Waals surface area contributed by atoms with Crippen LogP contribution in [0.15, 0.2) is 24.4 Å². The van der Waals surface area contributed by atoms with Gasteiger partial charge in [0.15, 0.2) is 0 Å². The van der Waals surface area contributed by atoms with Crippen molar-refractivity contribution in [1.82, 2.24) is 25.0 Å². The number of nitrogens with zero attached hydrogens (tertiary/aromatic N) is 4. The predicted octanol–water partition coefficient (Wildman–Crippen LogP) is 2.06. The number of halogens is 1. The van der Waals surface area contributed by atoms with Crippen molar-refractivity contribution in [2.24, 2.45) is 7.05 Å². The molecule has 1 aliphatic heterocycles. The Bertz CT molecular complexity index is 1000. The molecule has 0 aliphatic carbocycles. The second-order valence-electron chi connectivity index (χ2n) is 9.14. The van der Waals surface area contributed by atoms with E-state index in [9.17, 15) is 19.1 Å². The van der Waals surface area contributed by atoms with Gasteiger partial charge in [-0.15, -0.1) is 0 Å². The van der Waals surface area contributed by atoms with Crippen molar-refractivity contribution in [3.05, 3.63) is 41.3 Å². The summed E-state index contributed by atoms with van der Waals surface area (Å²) in [4.78, 5) is 30.9. The second kappa shape index (κ2) is 13.9. The molecule has 0 bridgehead atoms. The summed E-state index contributed by atoms with van der Waals surface area (Å²) < 4.78 is 20.6. The summed E-state index contributed by atoms with van der Waals surface area (Å²) in [5, 5.41) is 19.5. The van der Waals surface area contributed by atoms with Crippen LogP contribution in [-0.2, 0) is 29.4 Å². The number of hydrogen-bond donors (Lipinski definition) is 3. The molecule has 3 N–H and O–H groups in total. The fourth-order valence-corrected chi connectivity index (χ4v) is 4.36. The molecule has 3 rings (SSSR count). The van der Waals surface area contributed by atoms with Gasteiger partial charge in [-0.1, -0.05) is 6.07 Å². The van der Waals surface area contributed by atoms with Gasteiger partial charge in [-0.25, -0.2) is 14.2 Å². The first-order valence-electron chi connectivity index (χ1n) is 12.5. The molecule has 10 nitrogen and oxygen atoms in total. The molecule has 2 aromatic heterocycles. The Hall–Kier alpha value is -3.05. The molecule has 2 unspecified atom stereocenters. The Labute approximate surface area is 211 Å². The van der Waals surface area contributed by atoms with E-state index in [0.717, 1.165) is 50.2 Å². The quantitative estimate of drug-likeness (QED) is 0.315. The van der Waals surface area contributed by atoms with Gasteiger partial charge < -0.3 is 25.4 Å². The maximum absolute atomic E-state index is 14.3. The van der Waals surface area contributed by atoms with Crippen LogP contribution in [0.4, 0.5) is 10.2 Å². The van der Waals surface area contributed by atoms with Crippen LogP contribution in [0, 0.1) is 0 Å². The fourth-order valence-electron chi connectivity index (χ4n) is 4.36. The van der Waals surface area contributed by atoms with Gasteiger partial charge in [0.2, 0.25) is 0 Å². The summed E-state index contributed by atoms with van der Waals surface area (Å²) in [6.07, 6.45) is 5.12. The van der Waals surface area contributed by atoms with Crippen LogP contribution in [0.1, 0.15) is 47.4 Å². The lowest BCUT2D eigenvalue weighted by molar-refractivity contribution is -0.139. The van der Waals surface area contributed by atoms with Gasteiger partial charge in [0.05, 0.1) is 6.61 Å². The minimum atomic E-state index is -1.18. The number of aliphatic carboxylic acids is 1. The maximum atomic E-state index is 14.3. The van der Waals surface area contributed by atoms with Gasteiger partial charge >= 0.3 is 5.97 Å². The highest BCUT2D eigenvalue weighted by Gasteiger charge is 2.24. The summed E-state index contributed by atoms with van der Waals surface area (Å²) in [5.41, 5.74) is 2.56. The number of carboxylic acid groups (broad SMARTS) is 1. The molecule has 198 valence electrons. The number of carboxylic acids is 1. The zero-order chi connectivity index (χ0) is 25.9. The Morgan fingerprint density at radius 2 is 2.14 bits per heavy atom. The van der Waals surface area contributed by atoms with E-state index in [2.05, 4.69) is 27.9 Å². The number of aromatic nitrogens is 3. The first kappa shape index (κ1) is 27.5. The molecule has 0 fully saturated rings. The summed E-state index contributed by atoms with van der Waals surface area (Å²) in [5.74, 6) is -0.664. The molecule has 2 atom stereocenters. The average molecular weight is 505 g/mol. The normalized spacial score (nSPS) is 14.7. The maximum Gasteiger partial charge on any atom is 0.326 e. The second-order valence-corrected chi connectivity index (χ2v) is 9.14. The zero-order valence-electron chi connectivity index (χ0n) is 21.1. The standard InChI is InChI=1S/C25H37FN6O4/c1-31-22(10-13-28-31)24(33)30-21(25(34)35)11-15-32(16-19(26)17-36-2)14-4-3-7-20-9-8-18-6-5-12-27-23(18)29-20/h8-10,13,19,21H,3-7,11-12,14-17H2,1-2H3,(H,27,29)(H,30,33)(H,34,35). The molecule has 0 saturated heterocycles. The number of hydrogen-bond acceptors (Lipinski definition) is 7. The number of nitrogens with one attached hydrogen (secondary N) is 2. The molecule has 0 radical (unpaired) electrons.